The van der Waals surface area contributed by atoms with Crippen molar-refractivity contribution in [3.8, 4) is 28.6 Å². The molecule has 26 heavy (non-hydrogen) atoms. The molecule has 132 valence electrons. The number of methoxy groups -OCH3 is 2. The Morgan fingerprint density at radius 1 is 0.923 bits per heavy atom. The third-order valence-electron chi connectivity index (χ3n) is 3.61. The molecular formula is C19H15ClN2O4. The van der Waals surface area contributed by atoms with Crippen LogP contribution >= 0.6 is 11.6 Å². The lowest BCUT2D eigenvalue weighted by Crippen LogP contribution is -2.10. The Morgan fingerprint density at radius 2 is 1.69 bits per heavy atom. The maximum atomic E-state index is 12.1. The lowest BCUT2D eigenvalue weighted by molar-refractivity contribution is 0.0726. The summed E-state index contributed by atoms with van der Waals surface area (Å²) in [7, 11) is 3.13. The van der Waals surface area contributed by atoms with Gasteiger partial charge in [-0.15, -0.1) is 10.2 Å². The lowest BCUT2D eigenvalue weighted by atomic mass is 10.1. The Bertz CT molecular complexity index is 929. The second-order valence-electron chi connectivity index (χ2n) is 5.20. The summed E-state index contributed by atoms with van der Waals surface area (Å²) in [5, 5.41) is 8.34. The summed E-state index contributed by atoms with van der Waals surface area (Å²) >= 11 is 5.98. The third kappa shape index (κ3) is 3.75. The van der Waals surface area contributed by atoms with Crippen LogP contribution in [0.3, 0.4) is 0 Å². The summed E-state index contributed by atoms with van der Waals surface area (Å²) in [4.78, 5) is 12.1. The smallest absolute Gasteiger partial charge is 0.346 e. The van der Waals surface area contributed by atoms with Gasteiger partial charge >= 0.3 is 5.97 Å². The number of carbonyl (C=O) groups excluding carboxylic acids is 1. The molecule has 3 aromatic rings. The normalized spacial score (nSPS) is 10.3. The van der Waals surface area contributed by atoms with Crippen LogP contribution in [-0.2, 0) is 0 Å². The molecular weight excluding hydrogens is 356 g/mol. The zero-order valence-electron chi connectivity index (χ0n) is 14.1. The SMILES string of the molecule is COc1ccc(-c2ccc(OC(=O)c3ccccc3Cl)nn2)cc1OC. The van der Waals surface area contributed by atoms with Gasteiger partial charge in [-0.3, -0.25) is 0 Å². The molecule has 0 unspecified atom stereocenters. The largest absolute Gasteiger partial charge is 0.493 e. The summed E-state index contributed by atoms with van der Waals surface area (Å²) in [6.45, 7) is 0. The Hall–Kier alpha value is -3.12. The van der Waals surface area contributed by atoms with E-state index in [9.17, 15) is 4.79 Å². The lowest BCUT2D eigenvalue weighted by Gasteiger charge is -2.09. The van der Waals surface area contributed by atoms with Gasteiger partial charge < -0.3 is 14.2 Å². The average molecular weight is 371 g/mol. The number of rotatable bonds is 5. The van der Waals surface area contributed by atoms with Crippen molar-refractivity contribution < 1.29 is 19.0 Å². The first-order valence-corrected chi connectivity index (χ1v) is 8.03. The Kier molecular flexibility index (Phi) is 5.34. The van der Waals surface area contributed by atoms with Crippen molar-refractivity contribution in [2.75, 3.05) is 14.2 Å². The predicted molar refractivity (Wildman–Crippen MR) is 97.0 cm³/mol. The molecule has 0 radical (unpaired) electrons. The number of ether oxygens (including phenoxy) is 3. The van der Waals surface area contributed by atoms with Gasteiger partial charge in [0.05, 0.1) is 30.5 Å². The number of carbonyl (C=O) groups is 1. The molecule has 0 aliphatic rings. The molecule has 3 rings (SSSR count). The minimum atomic E-state index is -0.594. The fourth-order valence-electron chi connectivity index (χ4n) is 2.30. The maximum absolute atomic E-state index is 12.1. The minimum absolute atomic E-state index is 0.0825. The molecule has 0 atom stereocenters. The van der Waals surface area contributed by atoms with Crippen LogP contribution in [0, 0.1) is 0 Å². The fraction of sp³-hybridized carbons (Fsp3) is 0.105. The summed E-state index contributed by atoms with van der Waals surface area (Å²) in [6, 6.07) is 15.3. The first-order valence-electron chi connectivity index (χ1n) is 7.65. The minimum Gasteiger partial charge on any atom is -0.493 e. The zero-order chi connectivity index (χ0) is 18.5. The highest BCUT2D eigenvalue weighted by Crippen LogP contribution is 2.31. The van der Waals surface area contributed by atoms with E-state index in [0.29, 0.717) is 22.2 Å². The van der Waals surface area contributed by atoms with E-state index in [2.05, 4.69) is 10.2 Å². The fourth-order valence-corrected chi connectivity index (χ4v) is 2.51. The molecule has 0 saturated heterocycles. The number of hydrogen-bond acceptors (Lipinski definition) is 6. The number of aromatic nitrogens is 2. The summed E-state index contributed by atoms with van der Waals surface area (Å²) in [5.74, 6) is 0.693. The van der Waals surface area contributed by atoms with Gasteiger partial charge in [-0.25, -0.2) is 4.79 Å². The topological polar surface area (TPSA) is 70.5 Å². The van der Waals surface area contributed by atoms with Crippen LogP contribution in [0.2, 0.25) is 5.02 Å². The summed E-state index contributed by atoms with van der Waals surface area (Å²) in [5.41, 5.74) is 1.66. The van der Waals surface area contributed by atoms with Crippen LogP contribution < -0.4 is 14.2 Å². The Balaban J connectivity index is 1.79. The van der Waals surface area contributed by atoms with Crippen molar-refractivity contribution in [2.24, 2.45) is 0 Å². The molecule has 1 heterocycles. The van der Waals surface area contributed by atoms with Crippen LogP contribution in [-0.4, -0.2) is 30.4 Å². The second-order valence-corrected chi connectivity index (χ2v) is 5.60. The highest BCUT2D eigenvalue weighted by Gasteiger charge is 2.14. The molecule has 6 nitrogen and oxygen atoms in total. The first-order chi connectivity index (χ1) is 12.6. The number of halogens is 1. The molecule has 0 bridgehead atoms. The standard InChI is InChI=1S/C19H15ClN2O4/c1-24-16-9-7-12(11-17(16)25-2)15-8-10-18(22-21-15)26-19(23)13-5-3-4-6-14(13)20/h3-11H,1-2H3. The average Bonchev–Trinajstić information content (AvgIpc) is 2.68. The van der Waals surface area contributed by atoms with Gasteiger partial charge in [0.2, 0.25) is 5.88 Å². The van der Waals surface area contributed by atoms with Gasteiger partial charge in [-0.1, -0.05) is 23.7 Å². The van der Waals surface area contributed by atoms with E-state index in [0.717, 1.165) is 5.56 Å². The molecule has 0 N–H and O–H groups in total. The second kappa shape index (κ2) is 7.84. The van der Waals surface area contributed by atoms with Gasteiger partial charge in [0.1, 0.15) is 0 Å². The van der Waals surface area contributed by atoms with E-state index in [1.807, 2.05) is 6.07 Å². The van der Waals surface area contributed by atoms with Crippen LogP contribution in [0.1, 0.15) is 10.4 Å². The van der Waals surface area contributed by atoms with Gasteiger partial charge in [-0.2, -0.15) is 0 Å². The number of esters is 1. The van der Waals surface area contributed by atoms with Gasteiger partial charge in [-0.05, 0) is 36.4 Å². The molecule has 0 saturated carbocycles. The molecule has 0 aliphatic heterocycles. The van der Waals surface area contributed by atoms with E-state index in [1.165, 1.54) is 0 Å². The Morgan fingerprint density at radius 3 is 2.35 bits per heavy atom. The van der Waals surface area contributed by atoms with Crippen LogP contribution in [0.25, 0.3) is 11.3 Å². The highest BCUT2D eigenvalue weighted by atomic mass is 35.5. The molecule has 0 aliphatic carbocycles. The monoisotopic (exact) mass is 370 g/mol. The number of nitrogens with zero attached hydrogens (tertiary/aromatic N) is 2. The van der Waals surface area contributed by atoms with Crippen molar-refractivity contribution in [2.45, 2.75) is 0 Å². The van der Waals surface area contributed by atoms with E-state index >= 15 is 0 Å². The van der Waals surface area contributed by atoms with Crippen LogP contribution in [0.4, 0.5) is 0 Å². The Labute approximate surface area is 155 Å². The van der Waals surface area contributed by atoms with Crippen molar-refractivity contribution in [3.05, 3.63) is 65.2 Å². The number of benzene rings is 2. The highest BCUT2D eigenvalue weighted by molar-refractivity contribution is 6.33. The van der Waals surface area contributed by atoms with Crippen molar-refractivity contribution in [3.63, 3.8) is 0 Å². The molecule has 0 fully saturated rings. The van der Waals surface area contributed by atoms with E-state index in [1.54, 1.807) is 62.8 Å². The molecule has 2 aromatic carbocycles. The predicted octanol–water partition coefficient (Wildman–Crippen LogP) is 4.03. The molecule has 7 heteroatoms. The summed E-state index contributed by atoms with van der Waals surface area (Å²) in [6.07, 6.45) is 0. The van der Waals surface area contributed by atoms with Crippen LogP contribution in [0.15, 0.2) is 54.6 Å². The van der Waals surface area contributed by atoms with Gasteiger partial charge in [0, 0.05) is 11.6 Å². The van der Waals surface area contributed by atoms with Gasteiger partial charge in [0.15, 0.2) is 11.5 Å². The van der Waals surface area contributed by atoms with Gasteiger partial charge in [0.25, 0.3) is 0 Å². The van der Waals surface area contributed by atoms with E-state index < -0.39 is 5.97 Å². The van der Waals surface area contributed by atoms with Crippen molar-refractivity contribution in [1.29, 1.82) is 0 Å². The quantitative estimate of drug-likeness (QED) is 0.631. The molecule has 0 spiro atoms. The van der Waals surface area contributed by atoms with E-state index in [-0.39, 0.29) is 11.4 Å². The van der Waals surface area contributed by atoms with Crippen molar-refractivity contribution in [1.82, 2.24) is 10.2 Å². The van der Waals surface area contributed by atoms with Crippen LogP contribution in [0.5, 0.6) is 17.4 Å². The molecule has 1 aromatic heterocycles. The zero-order valence-corrected chi connectivity index (χ0v) is 14.9. The first kappa shape index (κ1) is 17.7. The summed E-state index contributed by atoms with van der Waals surface area (Å²) < 4.78 is 15.7. The molecule has 0 amide bonds. The number of hydrogen-bond donors (Lipinski definition) is 0. The van der Waals surface area contributed by atoms with E-state index in [4.69, 9.17) is 25.8 Å². The third-order valence-corrected chi connectivity index (χ3v) is 3.94. The van der Waals surface area contributed by atoms with Crippen molar-refractivity contribution >= 4 is 17.6 Å². The maximum Gasteiger partial charge on any atom is 0.346 e.